The first-order valence-corrected chi connectivity index (χ1v) is 5.06. The first-order chi connectivity index (χ1) is 7.04. The van der Waals surface area contributed by atoms with Crippen LogP contribution in [0.2, 0.25) is 0 Å². The molecule has 88 valence electrons. The number of ether oxygens (including phenoxy) is 1. The second kappa shape index (κ2) is 3.97. The van der Waals surface area contributed by atoms with Crippen molar-refractivity contribution in [3.63, 3.8) is 0 Å². The van der Waals surface area contributed by atoms with E-state index in [9.17, 15) is 25.5 Å². The van der Waals surface area contributed by atoms with Gasteiger partial charge in [0.2, 0.25) is 0 Å². The van der Waals surface area contributed by atoms with Crippen molar-refractivity contribution >= 4 is 0 Å². The number of hydrogen-bond donors (Lipinski definition) is 5. The lowest BCUT2D eigenvalue weighted by molar-refractivity contribution is -0.250. The van der Waals surface area contributed by atoms with Gasteiger partial charge < -0.3 is 30.3 Å². The summed E-state index contributed by atoms with van der Waals surface area (Å²) in [6.07, 6.45) is -6.72. The van der Waals surface area contributed by atoms with E-state index in [0.29, 0.717) is 6.42 Å². The lowest BCUT2D eigenvalue weighted by Gasteiger charge is -2.48. The Morgan fingerprint density at radius 3 is 2.07 bits per heavy atom. The van der Waals surface area contributed by atoms with Crippen molar-refractivity contribution in [3.8, 4) is 0 Å². The van der Waals surface area contributed by atoms with Crippen LogP contribution in [-0.2, 0) is 4.74 Å². The van der Waals surface area contributed by atoms with Gasteiger partial charge in [-0.3, -0.25) is 0 Å². The molecule has 0 aromatic heterocycles. The molecular formula is C9H16O6. The Balaban J connectivity index is 2.22. The van der Waals surface area contributed by atoms with E-state index in [1.54, 1.807) is 0 Å². The van der Waals surface area contributed by atoms with Crippen molar-refractivity contribution in [3.05, 3.63) is 0 Å². The lowest BCUT2D eigenvalue weighted by Crippen LogP contribution is -2.65. The minimum atomic E-state index is -1.45. The van der Waals surface area contributed by atoms with E-state index in [1.807, 2.05) is 0 Å². The third-order valence-electron chi connectivity index (χ3n) is 3.33. The summed E-state index contributed by atoms with van der Waals surface area (Å²) in [6, 6.07) is 0. The van der Waals surface area contributed by atoms with Crippen LogP contribution < -0.4 is 0 Å². The molecule has 2 fully saturated rings. The van der Waals surface area contributed by atoms with Crippen molar-refractivity contribution in [2.75, 3.05) is 6.61 Å². The molecule has 0 spiro atoms. The van der Waals surface area contributed by atoms with Crippen molar-refractivity contribution < 1.29 is 30.3 Å². The maximum absolute atomic E-state index is 9.67. The highest BCUT2D eigenvalue weighted by Gasteiger charge is 2.53. The Morgan fingerprint density at radius 1 is 0.800 bits per heavy atom. The molecule has 0 bridgehead atoms. The summed E-state index contributed by atoms with van der Waals surface area (Å²) >= 11 is 0. The summed E-state index contributed by atoms with van der Waals surface area (Å²) < 4.78 is 5.21. The molecule has 1 saturated carbocycles. The molecule has 0 radical (unpaired) electrons. The SMILES string of the molecule is O[C@@H]1[C@H](O)[C@H](O)[C@H]2OCC[C@H](O)[C@@H]2[C@H]1O. The van der Waals surface area contributed by atoms with Gasteiger partial charge in [-0.1, -0.05) is 0 Å². The van der Waals surface area contributed by atoms with E-state index < -0.39 is 42.5 Å². The third kappa shape index (κ3) is 1.67. The van der Waals surface area contributed by atoms with Crippen molar-refractivity contribution in [1.29, 1.82) is 0 Å². The molecule has 0 aromatic carbocycles. The molecule has 2 aliphatic rings. The monoisotopic (exact) mass is 220 g/mol. The van der Waals surface area contributed by atoms with Gasteiger partial charge in [0.25, 0.3) is 0 Å². The minimum absolute atomic E-state index is 0.273. The second-order valence-corrected chi connectivity index (χ2v) is 4.23. The van der Waals surface area contributed by atoms with Crippen molar-refractivity contribution in [2.45, 2.75) is 43.0 Å². The number of rotatable bonds is 0. The highest BCUT2D eigenvalue weighted by Crippen LogP contribution is 2.34. The van der Waals surface area contributed by atoms with Gasteiger partial charge in [-0.2, -0.15) is 0 Å². The minimum Gasteiger partial charge on any atom is -0.393 e. The molecule has 0 unspecified atom stereocenters. The van der Waals surface area contributed by atoms with Crippen LogP contribution >= 0.6 is 0 Å². The number of aliphatic hydroxyl groups excluding tert-OH is 5. The summed E-state index contributed by atoms with van der Waals surface area (Å²) in [5, 5.41) is 47.8. The summed E-state index contributed by atoms with van der Waals surface area (Å²) in [5.41, 5.74) is 0. The summed E-state index contributed by atoms with van der Waals surface area (Å²) in [6.45, 7) is 0.273. The quantitative estimate of drug-likeness (QED) is 0.302. The van der Waals surface area contributed by atoms with Crippen LogP contribution in [0.4, 0.5) is 0 Å². The molecule has 1 heterocycles. The highest BCUT2D eigenvalue weighted by molar-refractivity contribution is 5.02. The molecule has 6 heteroatoms. The van der Waals surface area contributed by atoms with Crippen LogP contribution in [0.1, 0.15) is 6.42 Å². The van der Waals surface area contributed by atoms with Crippen LogP contribution in [0, 0.1) is 5.92 Å². The van der Waals surface area contributed by atoms with E-state index in [-0.39, 0.29) is 6.61 Å². The van der Waals surface area contributed by atoms with Crippen molar-refractivity contribution in [1.82, 2.24) is 0 Å². The van der Waals surface area contributed by atoms with Crippen LogP contribution in [0.5, 0.6) is 0 Å². The molecule has 0 aromatic rings. The smallest absolute Gasteiger partial charge is 0.111 e. The molecule has 7 atom stereocenters. The van der Waals surface area contributed by atoms with Crippen LogP contribution in [0.25, 0.3) is 0 Å². The first kappa shape index (κ1) is 11.3. The largest absolute Gasteiger partial charge is 0.393 e. The van der Waals surface area contributed by atoms with Gasteiger partial charge in [-0.15, -0.1) is 0 Å². The van der Waals surface area contributed by atoms with E-state index in [1.165, 1.54) is 0 Å². The van der Waals surface area contributed by atoms with E-state index in [0.717, 1.165) is 0 Å². The van der Waals surface area contributed by atoms with Gasteiger partial charge in [0.1, 0.15) is 18.3 Å². The highest BCUT2D eigenvalue weighted by atomic mass is 16.5. The predicted octanol–water partition coefficient (Wildman–Crippen LogP) is -2.79. The predicted molar refractivity (Wildman–Crippen MR) is 47.9 cm³/mol. The molecule has 5 N–H and O–H groups in total. The number of fused-ring (bicyclic) bond motifs is 1. The standard InChI is InChI=1S/C9H16O6/c10-3-1-2-15-9-4(3)5(11)6(12)7(13)8(9)14/h3-14H,1-2H2/t3-,4+,5+,6-,7-,8-,9-/m0/s1. The number of hydrogen-bond acceptors (Lipinski definition) is 6. The zero-order chi connectivity index (χ0) is 11.2. The summed E-state index contributed by atoms with van der Waals surface area (Å²) in [4.78, 5) is 0. The topological polar surface area (TPSA) is 110 Å². The molecular weight excluding hydrogens is 204 g/mol. The van der Waals surface area contributed by atoms with Crippen LogP contribution in [-0.4, -0.2) is 68.8 Å². The molecule has 0 amide bonds. The van der Waals surface area contributed by atoms with Gasteiger partial charge >= 0.3 is 0 Å². The molecule has 1 aliphatic heterocycles. The van der Waals surface area contributed by atoms with E-state index >= 15 is 0 Å². The van der Waals surface area contributed by atoms with Crippen molar-refractivity contribution in [2.24, 2.45) is 5.92 Å². The molecule has 15 heavy (non-hydrogen) atoms. The Labute approximate surface area is 86.7 Å². The van der Waals surface area contributed by atoms with Gasteiger partial charge in [0.05, 0.1) is 18.3 Å². The fourth-order valence-corrected chi connectivity index (χ4v) is 2.42. The average molecular weight is 220 g/mol. The van der Waals surface area contributed by atoms with E-state index in [2.05, 4.69) is 0 Å². The lowest BCUT2D eigenvalue weighted by atomic mass is 9.74. The van der Waals surface area contributed by atoms with Gasteiger partial charge in [-0.05, 0) is 6.42 Å². The Morgan fingerprint density at radius 2 is 1.40 bits per heavy atom. The van der Waals surface area contributed by atoms with Gasteiger partial charge in [0, 0.05) is 12.5 Å². The normalized spacial score (nSPS) is 56.2. The average Bonchev–Trinajstić information content (AvgIpc) is 2.23. The van der Waals surface area contributed by atoms with Gasteiger partial charge in [-0.25, -0.2) is 0 Å². The molecule has 1 saturated heterocycles. The zero-order valence-electron chi connectivity index (χ0n) is 8.10. The first-order valence-electron chi connectivity index (χ1n) is 5.06. The van der Waals surface area contributed by atoms with Crippen LogP contribution in [0.3, 0.4) is 0 Å². The zero-order valence-corrected chi connectivity index (χ0v) is 8.10. The molecule has 1 aliphatic carbocycles. The maximum atomic E-state index is 9.67. The summed E-state index contributed by atoms with van der Waals surface area (Å²) in [5.74, 6) is -0.743. The molecule has 6 nitrogen and oxygen atoms in total. The Kier molecular flexibility index (Phi) is 2.98. The fraction of sp³-hybridized carbons (Fsp3) is 1.00. The summed E-state index contributed by atoms with van der Waals surface area (Å²) in [7, 11) is 0. The molecule has 2 rings (SSSR count). The van der Waals surface area contributed by atoms with Gasteiger partial charge in [0.15, 0.2) is 0 Å². The maximum Gasteiger partial charge on any atom is 0.111 e. The van der Waals surface area contributed by atoms with E-state index in [4.69, 9.17) is 4.74 Å². The Bertz CT molecular complexity index is 235. The third-order valence-corrected chi connectivity index (χ3v) is 3.33. The van der Waals surface area contributed by atoms with Crippen LogP contribution in [0.15, 0.2) is 0 Å². The fourth-order valence-electron chi connectivity index (χ4n) is 2.42. The second-order valence-electron chi connectivity index (χ2n) is 4.23. The Hall–Kier alpha value is -0.240. The number of aliphatic hydroxyl groups is 5.